The van der Waals surface area contributed by atoms with Crippen molar-refractivity contribution in [1.29, 1.82) is 0 Å². The zero-order chi connectivity index (χ0) is 12.5. The Morgan fingerprint density at radius 3 is 2.56 bits per heavy atom. The lowest BCUT2D eigenvalue weighted by molar-refractivity contribution is 0.373. The van der Waals surface area contributed by atoms with Crippen molar-refractivity contribution in [2.45, 2.75) is 24.8 Å². The first-order valence-electron chi connectivity index (χ1n) is 6.22. The lowest BCUT2D eigenvalue weighted by atomic mass is 9.76. The first-order valence-corrected chi connectivity index (χ1v) is 6.60. The van der Waals surface area contributed by atoms with Crippen molar-refractivity contribution in [3.05, 3.63) is 47.1 Å². The van der Waals surface area contributed by atoms with Gasteiger partial charge < -0.3 is 5.32 Å². The zero-order valence-electron chi connectivity index (χ0n) is 10.3. The number of hydrogen-bond acceptors (Lipinski definition) is 2. The minimum Gasteiger partial charge on any atom is -0.366 e. The molecule has 1 aromatic heterocycles. The van der Waals surface area contributed by atoms with E-state index in [1.165, 1.54) is 5.56 Å². The van der Waals surface area contributed by atoms with Gasteiger partial charge in [-0.05, 0) is 36.5 Å². The van der Waals surface area contributed by atoms with Gasteiger partial charge in [-0.25, -0.2) is 0 Å². The maximum Gasteiger partial charge on any atom is 0.148 e. The van der Waals surface area contributed by atoms with Gasteiger partial charge in [-0.15, -0.1) is 0 Å². The molecular formula is C14H16ClN3. The van der Waals surface area contributed by atoms with E-state index in [2.05, 4.69) is 22.5 Å². The Kier molecular flexibility index (Phi) is 3.00. The third-order valence-corrected chi connectivity index (χ3v) is 3.80. The molecule has 94 valence electrons. The van der Waals surface area contributed by atoms with E-state index < -0.39 is 0 Å². The number of nitrogens with one attached hydrogen (secondary N) is 1. The van der Waals surface area contributed by atoms with Crippen LogP contribution in [0.15, 0.2) is 36.5 Å². The van der Waals surface area contributed by atoms with Crippen molar-refractivity contribution in [2.24, 2.45) is 7.05 Å². The fourth-order valence-corrected chi connectivity index (χ4v) is 2.57. The Labute approximate surface area is 112 Å². The van der Waals surface area contributed by atoms with Crippen LogP contribution in [0.5, 0.6) is 0 Å². The topological polar surface area (TPSA) is 29.9 Å². The summed E-state index contributed by atoms with van der Waals surface area (Å²) in [7, 11) is 1.93. The summed E-state index contributed by atoms with van der Waals surface area (Å²) in [5.74, 6) is 1.63. The molecule has 1 aliphatic rings. The van der Waals surface area contributed by atoms with E-state index in [-0.39, 0.29) is 0 Å². The molecule has 0 bridgehead atoms. The molecule has 3 rings (SSSR count). The largest absolute Gasteiger partial charge is 0.366 e. The van der Waals surface area contributed by atoms with Crippen molar-refractivity contribution in [3.8, 4) is 0 Å². The number of rotatable bonds is 3. The minimum absolute atomic E-state index is 0.542. The molecule has 2 aromatic rings. The first-order chi connectivity index (χ1) is 8.70. The van der Waals surface area contributed by atoms with Gasteiger partial charge in [0, 0.05) is 30.4 Å². The summed E-state index contributed by atoms with van der Waals surface area (Å²) in [6, 6.07) is 10.7. The van der Waals surface area contributed by atoms with Gasteiger partial charge in [-0.2, -0.15) is 5.10 Å². The van der Waals surface area contributed by atoms with Gasteiger partial charge in [-0.1, -0.05) is 23.7 Å². The molecule has 3 nitrogen and oxygen atoms in total. The molecule has 0 atom stereocenters. The fourth-order valence-electron chi connectivity index (χ4n) is 2.44. The molecule has 1 saturated carbocycles. The second-order valence-electron chi connectivity index (χ2n) is 4.94. The molecule has 1 aliphatic carbocycles. The van der Waals surface area contributed by atoms with Crippen molar-refractivity contribution < 1.29 is 0 Å². The molecule has 0 radical (unpaired) electrons. The van der Waals surface area contributed by atoms with Crippen LogP contribution in [0.4, 0.5) is 5.82 Å². The monoisotopic (exact) mass is 261 g/mol. The third kappa shape index (κ3) is 2.36. The molecule has 0 saturated heterocycles. The number of benzene rings is 1. The van der Waals surface area contributed by atoms with E-state index >= 15 is 0 Å². The highest BCUT2D eigenvalue weighted by atomic mass is 35.5. The van der Waals surface area contributed by atoms with Gasteiger partial charge in [-0.3, -0.25) is 4.68 Å². The molecule has 0 spiro atoms. The maximum absolute atomic E-state index is 5.89. The summed E-state index contributed by atoms with van der Waals surface area (Å²) in [5, 5.41) is 8.59. The lowest BCUT2D eigenvalue weighted by Crippen LogP contribution is -2.34. The summed E-state index contributed by atoms with van der Waals surface area (Å²) >= 11 is 5.89. The van der Waals surface area contributed by atoms with Gasteiger partial charge >= 0.3 is 0 Å². The Morgan fingerprint density at radius 1 is 1.22 bits per heavy atom. The summed E-state index contributed by atoms with van der Waals surface area (Å²) in [4.78, 5) is 0. The van der Waals surface area contributed by atoms with Crippen LogP contribution in [-0.2, 0) is 7.05 Å². The molecule has 1 N–H and O–H groups in total. The van der Waals surface area contributed by atoms with Crippen LogP contribution >= 0.6 is 11.6 Å². The molecule has 18 heavy (non-hydrogen) atoms. The normalized spacial score (nSPS) is 22.6. The van der Waals surface area contributed by atoms with Crippen LogP contribution in [0.25, 0.3) is 0 Å². The second-order valence-corrected chi connectivity index (χ2v) is 5.37. The second kappa shape index (κ2) is 4.65. The highest BCUT2D eigenvalue weighted by Gasteiger charge is 2.30. The molecule has 0 unspecified atom stereocenters. The van der Waals surface area contributed by atoms with Crippen LogP contribution < -0.4 is 5.32 Å². The highest BCUT2D eigenvalue weighted by molar-refractivity contribution is 6.30. The zero-order valence-corrected chi connectivity index (χ0v) is 11.1. The summed E-state index contributed by atoms with van der Waals surface area (Å²) in [6.45, 7) is 0. The van der Waals surface area contributed by atoms with Crippen molar-refractivity contribution >= 4 is 17.4 Å². The molecule has 1 aromatic carbocycles. The maximum atomic E-state index is 5.89. The Morgan fingerprint density at radius 2 is 1.94 bits per heavy atom. The SMILES string of the molecule is Cn1ccc(NC2CC(c3ccc(Cl)cc3)C2)n1. The van der Waals surface area contributed by atoms with E-state index in [4.69, 9.17) is 11.6 Å². The molecule has 0 amide bonds. The van der Waals surface area contributed by atoms with E-state index in [1.807, 2.05) is 36.1 Å². The summed E-state index contributed by atoms with van der Waals surface area (Å²) in [6.07, 6.45) is 4.29. The Bertz CT molecular complexity index is 526. The Hall–Kier alpha value is -1.48. The van der Waals surface area contributed by atoms with E-state index in [9.17, 15) is 0 Å². The van der Waals surface area contributed by atoms with Gasteiger partial charge in [0.15, 0.2) is 0 Å². The van der Waals surface area contributed by atoms with Crippen LogP contribution in [0.1, 0.15) is 24.3 Å². The van der Waals surface area contributed by atoms with Gasteiger partial charge in [0.1, 0.15) is 5.82 Å². The first kappa shape index (κ1) is 11.6. The Balaban J connectivity index is 1.55. The highest BCUT2D eigenvalue weighted by Crippen LogP contribution is 2.38. The molecule has 1 heterocycles. The average Bonchev–Trinajstić information content (AvgIpc) is 2.71. The van der Waals surface area contributed by atoms with Gasteiger partial charge in [0.25, 0.3) is 0 Å². The fraction of sp³-hybridized carbons (Fsp3) is 0.357. The van der Waals surface area contributed by atoms with Crippen LogP contribution in [0, 0.1) is 0 Å². The molecule has 0 aliphatic heterocycles. The number of nitrogens with zero attached hydrogens (tertiary/aromatic N) is 2. The smallest absolute Gasteiger partial charge is 0.148 e. The number of anilines is 1. The van der Waals surface area contributed by atoms with Gasteiger partial charge in [0.05, 0.1) is 0 Å². The molecule has 1 fully saturated rings. The lowest BCUT2D eigenvalue weighted by Gasteiger charge is -2.36. The van der Waals surface area contributed by atoms with Crippen LogP contribution in [0.3, 0.4) is 0 Å². The number of aromatic nitrogens is 2. The quantitative estimate of drug-likeness (QED) is 0.917. The molecule has 4 heteroatoms. The van der Waals surface area contributed by atoms with Crippen molar-refractivity contribution in [2.75, 3.05) is 5.32 Å². The molecular weight excluding hydrogens is 246 g/mol. The predicted molar refractivity (Wildman–Crippen MR) is 74.0 cm³/mol. The standard InChI is InChI=1S/C14H16ClN3/c1-18-7-6-14(17-18)16-13-8-11(9-13)10-2-4-12(15)5-3-10/h2-7,11,13H,8-9H2,1H3,(H,16,17). The van der Waals surface area contributed by atoms with Crippen LogP contribution in [-0.4, -0.2) is 15.8 Å². The summed E-state index contributed by atoms with van der Waals surface area (Å²) < 4.78 is 1.82. The van der Waals surface area contributed by atoms with E-state index in [0.717, 1.165) is 23.7 Å². The summed E-state index contributed by atoms with van der Waals surface area (Å²) in [5.41, 5.74) is 1.39. The van der Waals surface area contributed by atoms with Gasteiger partial charge in [0.2, 0.25) is 0 Å². The van der Waals surface area contributed by atoms with Crippen molar-refractivity contribution in [3.63, 3.8) is 0 Å². The average molecular weight is 262 g/mol. The minimum atomic E-state index is 0.542. The number of aryl methyl sites for hydroxylation is 1. The number of halogens is 1. The predicted octanol–water partition coefficient (Wildman–Crippen LogP) is 3.43. The van der Waals surface area contributed by atoms with Crippen molar-refractivity contribution in [1.82, 2.24) is 9.78 Å². The number of hydrogen-bond donors (Lipinski definition) is 1. The van der Waals surface area contributed by atoms with E-state index in [0.29, 0.717) is 12.0 Å². The van der Waals surface area contributed by atoms with Crippen LogP contribution in [0.2, 0.25) is 5.02 Å². The van der Waals surface area contributed by atoms with E-state index in [1.54, 1.807) is 0 Å². The third-order valence-electron chi connectivity index (χ3n) is 3.55.